The van der Waals surface area contributed by atoms with Gasteiger partial charge in [0.15, 0.2) is 0 Å². The Labute approximate surface area is 122 Å². The predicted octanol–water partition coefficient (Wildman–Crippen LogP) is 3.10. The second kappa shape index (κ2) is 6.69. The van der Waals surface area contributed by atoms with Gasteiger partial charge in [0.2, 0.25) is 0 Å². The normalized spacial score (nSPS) is 10.2. The molecule has 21 heavy (non-hydrogen) atoms. The van der Waals surface area contributed by atoms with Crippen LogP contribution in [0.2, 0.25) is 0 Å². The van der Waals surface area contributed by atoms with Crippen LogP contribution < -0.4 is 10.1 Å². The van der Waals surface area contributed by atoms with Crippen molar-refractivity contribution in [3.63, 3.8) is 0 Å². The summed E-state index contributed by atoms with van der Waals surface area (Å²) >= 11 is 0. The molecule has 0 amide bonds. The van der Waals surface area contributed by atoms with Gasteiger partial charge in [0.25, 0.3) is 5.69 Å². The second-order valence-electron chi connectivity index (χ2n) is 4.70. The number of nitrogens with zero attached hydrogens (tertiary/aromatic N) is 2. The Balaban J connectivity index is 1.86. The molecule has 1 N–H and O–H groups in total. The smallest absolute Gasteiger partial charge is 0.277 e. The first-order valence-corrected chi connectivity index (χ1v) is 6.60. The molecule has 0 saturated carbocycles. The van der Waals surface area contributed by atoms with E-state index in [-0.39, 0.29) is 5.69 Å². The quantitative estimate of drug-likeness (QED) is 0.502. The Hall–Kier alpha value is -2.63. The summed E-state index contributed by atoms with van der Waals surface area (Å²) in [6, 6.07) is 9.21. The van der Waals surface area contributed by atoms with E-state index in [1.165, 1.54) is 12.3 Å². The minimum atomic E-state index is -0.411. The number of aromatic nitrogens is 1. The Morgan fingerprint density at radius 3 is 2.86 bits per heavy atom. The van der Waals surface area contributed by atoms with E-state index in [2.05, 4.69) is 10.3 Å². The van der Waals surface area contributed by atoms with Crippen LogP contribution in [0.5, 0.6) is 5.75 Å². The highest BCUT2D eigenvalue weighted by Crippen LogP contribution is 2.19. The molecule has 0 aliphatic rings. The lowest BCUT2D eigenvalue weighted by Crippen LogP contribution is -2.12. The standard InChI is InChI=1S/C15H17N3O3/c1-11-4-3-5-13(8-11)21-7-6-16-15-9-14(18(19)20)12(2)10-17-15/h3-5,8-10H,6-7H2,1-2H3,(H,16,17). The maximum absolute atomic E-state index is 10.8. The van der Waals surface area contributed by atoms with Crippen LogP contribution in [0.1, 0.15) is 11.1 Å². The number of hydrogen-bond donors (Lipinski definition) is 1. The lowest BCUT2D eigenvalue weighted by molar-refractivity contribution is -0.385. The minimum absolute atomic E-state index is 0.0621. The summed E-state index contributed by atoms with van der Waals surface area (Å²) in [7, 11) is 0. The van der Waals surface area contributed by atoms with Crippen molar-refractivity contribution in [2.75, 3.05) is 18.5 Å². The lowest BCUT2D eigenvalue weighted by atomic mass is 10.2. The van der Waals surface area contributed by atoms with Gasteiger partial charge in [0.05, 0.1) is 17.5 Å². The van der Waals surface area contributed by atoms with Crippen LogP contribution in [0, 0.1) is 24.0 Å². The number of ether oxygens (including phenoxy) is 1. The fourth-order valence-electron chi connectivity index (χ4n) is 1.86. The third-order valence-electron chi connectivity index (χ3n) is 2.94. The van der Waals surface area contributed by atoms with Gasteiger partial charge in [-0.05, 0) is 31.5 Å². The fraction of sp³-hybridized carbons (Fsp3) is 0.267. The maximum atomic E-state index is 10.8. The van der Waals surface area contributed by atoms with Crippen LogP contribution in [-0.4, -0.2) is 23.1 Å². The van der Waals surface area contributed by atoms with Crippen LogP contribution >= 0.6 is 0 Å². The molecule has 0 radical (unpaired) electrons. The fourth-order valence-corrected chi connectivity index (χ4v) is 1.86. The molecule has 1 aromatic carbocycles. The summed E-state index contributed by atoms with van der Waals surface area (Å²) in [5.74, 6) is 1.28. The van der Waals surface area contributed by atoms with E-state index in [0.717, 1.165) is 11.3 Å². The average molecular weight is 287 g/mol. The van der Waals surface area contributed by atoms with E-state index < -0.39 is 4.92 Å². The van der Waals surface area contributed by atoms with Crippen molar-refractivity contribution in [2.24, 2.45) is 0 Å². The molecule has 6 nitrogen and oxygen atoms in total. The van der Waals surface area contributed by atoms with Gasteiger partial charge in [-0.1, -0.05) is 12.1 Å². The lowest BCUT2D eigenvalue weighted by Gasteiger charge is -2.09. The zero-order chi connectivity index (χ0) is 15.2. The molecular weight excluding hydrogens is 270 g/mol. The molecule has 1 heterocycles. The second-order valence-corrected chi connectivity index (χ2v) is 4.70. The van der Waals surface area contributed by atoms with Crippen molar-refractivity contribution in [1.82, 2.24) is 4.98 Å². The SMILES string of the molecule is Cc1cccc(OCCNc2cc([N+](=O)[O-])c(C)cn2)c1. The number of benzene rings is 1. The van der Waals surface area contributed by atoms with Crippen LogP contribution in [0.15, 0.2) is 36.5 Å². The van der Waals surface area contributed by atoms with Crippen LogP contribution in [0.4, 0.5) is 11.5 Å². The summed E-state index contributed by atoms with van der Waals surface area (Å²) < 4.78 is 5.59. The van der Waals surface area contributed by atoms with Crippen molar-refractivity contribution in [3.8, 4) is 5.75 Å². The first-order valence-electron chi connectivity index (χ1n) is 6.60. The van der Waals surface area contributed by atoms with E-state index >= 15 is 0 Å². The first kappa shape index (κ1) is 14.8. The Bertz CT molecular complexity index is 644. The van der Waals surface area contributed by atoms with E-state index in [9.17, 15) is 10.1 Å². The van der Waals surface area contributed by atoms with Crippen molar-refractivity contribution >= 4 is 11.5 Å². The summed E-state index contributed by atoms with van der Waals surface area (Å²) in [6.45, 7) is 4.63. The summed E-state index contributed by atoms with van der Waals surface area (Å²) in [5, 5.41) is 13.9. The van der Waals surface area contributed by atoms with E-state index in [1.807, 2.05) is 31.2 Å². The number of hydrogen-bond acceptors (Lipinski definition) is 5. The third kappa shape index (κ3) is 4.17. The molecule has 110 valence electrons. The number of nitrogens with one attached hydrogen (secondary N) is 1. The molecule has 6 heteroatoms. The molecular formula is C15H17N3O3. The maximum Gasteiger partial charge on any atom is 0.277 e. The van der Waals surface area contributed by atoms with Gasteiger partial charge < -0.3 is 10.1 Å². The Kier molecular flexibility index (Phi) is 4.71. The molecule has 2 rings (SSSR count). The largest absolute Gasteiger partial charge is 0.492 e. The Morgan fingerprint density at radius 2 is 2.14 bits per heavy atom. The molecule has 0 saturated heterocycles. The number of rotatable bonds is 6. The van der Waals surface area contributed by atoms with Crippen LogP contribution in [0.25, 0.3) is 0 Å². The van der Waals surface area contributed by atoms with Gasteiger partial charge in [-0.3, -0.25) is 10.1 Å². The van der Waals surface area contributed by atoms with Gasteiger partial charge in [0.1, 0.15) is 18.2 Å². The predicted molar refractivity (Wildman–Crippen MR) is 80.8 cm³/mol. The van der Waals surface area contributed by atoms with Crippen molar-refractivity contribution in [3.05, 3.63) is 57.8 Å². The van der Waals surface area contributed by atoms with Gasteiger partial charge in [0, 0.05) is 11.8 Å². The topological polar surface area (TPSA) is 77.3 Å². The Morgan fingerprint density at radius 1 is 1.33 bits per heavy atom. The summed E-state index contributed by atoms with van der Waals surface area (Å²) in [6.07, 6.45) is 1.49. The van der Waals surface area contributed by atoms with E-state index in [0.29, 0.717) is 24.5 Å². The van der Waals surface area contributed by atoms with Gasteiger partial charge >= 0.3 is 0 Å². The highest BCUT2D eigenvalue weighted by molar-refractivity contribution is 5.48. The van der Waals surface area contributed by atoms with Crippen molar-refractivity contribution in [2.45, 2.75) is 13.8 Å². The molecule has 0 bridgehead atoms. The van der Waals surface area contributed by atoms with Gasteiger partial charge in [-0.15, -0.1) is 0 Å². The van der Waals surface area contributed by atoms with Crippen LogP contribution in [-0.2, 0) is 0 Å². The highest BCUT2D eigenvalue weighted by Gasteiger charge is 2.11. The monoisotopic (exact) mass is 287 g/mol. The van der Waals surface area contributed by atoms with E-state index in [4.69, 9.17) is 4.74 Å². The molecule has 1 aromatic heterocycles. The molecule has 0 atom stereocenters. The first-order chi connectivity index (χ1) is 10.1. The number of aryl methyl sites for hydroxylation is 2. The molecule has 0 fully saturated rings. The molecule has 0 aliphatic carbocycles. The third-order valence-corrected chi connectivity index (χ3v) is 2.94. The zero-order valence-electron chi connectivity index (χ0n) is 12.0. The van der Waals surface area contributed by atoms with Gasteiger partial charge in [-0.2, -0.15) is 0 Å². The summed E-state index contributed by atoms with van der Waals surface area (Å²) in [5.41, 5.74) is 1.74. The minimum Gasteiger partial charge on any atom is -0.492 e. The number of pyridine rings is 1. The molecule has 2 aromatic rings. The molecule has 0 spiro atoms. The molecule has 0 unspecified atom stereocenters. The van der Waals surface area contributed by atoms with Crippen LogP contribution in [0.3, 0.4) is 0 Å². The number of anilines is 1. The van der Waals surface area contributed by atoms with Gasteiger partial charge in [-0.25, -0.2) is 4.98 Å². The number of nitro groups is 1. The average Bonchev–Trinajstić information content (AvgIpc) is 2.45. The highest BCUT2D eigenvalue weighted by atomic mass is 16.6. The van der Waals surface area contributed by atoms with E-state index in [1.54, 1.807) is 6.92 Å². The molecule has 0 aliphatic heterocycles. The van der Waals surface area contributed by atoms with Crippen molar-refractivity contribution < 1.29 is 9.66 Å². The summed E-state index contributed by atoms with van der Waals surface area (Å²) in [4.78, 5) is 14.5. The van der Waals surface area contributed by atoms with Crippen molar-refractivity contribution in [1.29, 1.82) is 0 Å². The zero-order valence-corrected chi connectivity index (χ0v) is 12.0.